The maximum atomic E-state index is 12.0. The van der Waals surface area contributed by atoms with Gasteiger partial charge in [0.25, 0.3) is 0 Å². The first-order chi connectivity index (χ1) is 9.06. The molecular weight excluding hydrogens is 248 g/mol. The standard InChI is InChI=1S/C12H24N4O3/c1-4-13-10-8-19-7-9(10)11(17)14-5-6-15-12(18)16(2)3/h9-10,13H,4-8H2,1-3H3,(H,14,17)(H,15,18). The van der Waals surface area contributed by atoms with Gasteiger partial charge in [0.05, 0.1) is 19.1 Å². The summed E-state index contributed by atoms with van der Waals surface area (Å²) in [4.78, 5) is 24.7. The van der Waals surface area contributed by atoms with Crippen molar-refractivity contribution in [2.45, 2.75) is 13.0 Å². The van der Waals surface area contributed by atoms with Crippen LogP contribution in [-0.4, -0.2) is 69.8 Å². The van der Waals surface area contributed by atoms with E-state index in [-0.39, 0.29) is 23.9 Å². The van der Waals surface area contributed by atoms with Crippen molar-refractivity contribution < 1.29 is 14.3 Å². The Labute approximate surface area is 114 Å². The summed E-state index contributed by atoms with van der Waals surface area (Å²) in [6.45, 7) is 4.69. The molecule has 19 heavy (non-hydrogen) atoms. The minimum Gasteiger partial charge on any atom is -0.379 e. The normalized spacial score (nSPS) is 22.1. The molecule has 1 rings (SSSR count). The Balaban J connectivity index is 2.22. The highest BCUT2D eigenvalue weighted by Gasteiger charge is 2.33. The van der Waals surface area contributed by atoms with Gasteiger partial charge < -0.3 is 25.6 Å². The van der Waals surface area contributed by atoms with Gasteiger partial charge in [0.2, 0.25) is 5.91 Å². The van der Waals surface area contributed by atoms with Gasteiger partial charge in [-0.2, -0.15) is 0 Å². The number of hydrogen-bond acceptors (Lipinski definition) is 4. The molecule has 2 atom stereocenters. The van der Waals surface area contributed by atoms with Gasteiger partial charge in [0.1, 0.15) is 0 Å². The van der Waals surface area contributed by atoms with E-state index in [1.165, 1.54) is 4.90 Å². The fourth-order valence-corrected chi connectivity index (χ4v) is 1.92. The van der Waals surface area contributed by atoms with Crippen LogP contribution in [0.1, 0.15) is 6.92 Å². The Bertz CT molecular complexity index is 309. The van der Waals surface area contributed by atoms with Crippen molar-refractivity contribution in [2.24, 2.45) is 5.92 Å². The van der Waals surface area contributed by atoms with Crippen LogP contribution >= 0.6 is 0 Å². The van der Waals surface area contributed by atoms with Gasteiger partial charge in [-0.3, -0.25) is 4.79 Å². The summed E-state index contributed by atoms with van der Waals surface area (Å²) in [7, 11) is 3.34. The van der Waals surface area contributed by atoms with Crippen molar-refractivity contribution in [3.05, 3.63) is 0 Å². The molecule has 0 aromatic carbocycles. The van der Waals surface area contributed by atoms with Crippen molar-refractivity contribution in [3.8, 4) is 0 Å². The highest BCUT2D eigenvalue weighted by Crippen LogP contribution is 2.13. The van der Waals surface area contributed by atoms with Crippen LogP contribution in [0.15, 0.2) is 0 Å². The summed E-state index contributed by atoms with van der Waals surface area (Å²) < 4.78 is 5.32. The molecule has 7 heteroatoms. The molecule has 1 aliphatic rings. The van der Waals surface area contributed by atoms with E-state index < -0.39 is 0 Å². The number of likely N-dealkylation sites (N-methyl/N-ethyl adjacent to an activating group) is 1. The Kier molecular flexibility index (Phi) is 6.58. The molecule has 110 valence electrons. The Morgan fingerprint density at radius 2 is 1.89 bits per heavy atom. The van der Waals surface area contributed by atoms with Crippen molar-refractivity contribution in [2.75, 3.05) is 46.9 Å². The number of urea groups is 1. The van der Waals surface area contributed by atoms with E-state index in [2.05, 4.69) is 16.0 Å². The van der Waals surface area contributed by atoms with E-state index in [1.54, 1.807) is 14.1 Å². The quantitative estimate of drug-likeness (QED) is 0.542. The second kappa shape index (κ2) is 7.96. The largest absolute Gasteiger partial charge is 0.379 e. The molecule has 0 saturated carbocycles. The Morgan fingerprint density at radius 3 is 2.53 bits per heavy atom. The number of carbonyl (C=O) groups is 2. The third kappa shape index (κ3) is 5.04. The molecule has 1 fully saturated rings. The lowest BCUT2D eigenvalue weighted by Gasteiger charge is -2.18. The topological polar surface area (TPSA) is 82.7 Å². The van der Waals surface area contributed by atoms with E-state index in [1.807, 2.05) is 6.92 Å². The third-order valence-electron chi connectivity index (χ3n) is 2.99. The SMILES string of the molecule is CCNC1COCC1C(=O)NCCNC(=O)N(C)C. The van der Waals surface area contributed by atoms with Crippen molar-refractivity contribution in [1.29, 1.82) is 0 Å². The molecule has 3 N–H and O–H groups in total. The number of nitrogens with one attached hydrogen (secondary N) is 3. The number of hydrogen-bond donors (Lipinski definition) is 3. The van der Waals surface area contributed by atoms with Gasteiger partial charge in [-0.25, -0.2) is 4.79 Å². The predicted molar refractivity (Wildman–Crippen MR) is 71.9 cm³/mol. The minimum atomic E-state index is -0.163. The lowest BCUT2D eigenvalue weighted by atomic mass is 10.0. The first kappa shape index (κ1) is 15.7. The molecule has 0 spiro atoms. The number of nitrogens with zero attached hydrogens (tertiary/aromatic N) is 1. The first-order valence-corrected chi connectivity index (χ1v) is 6.60. The van der Waals surface area contributed by atoms with E-state index in [0.29, 0.717) is 26.3 Å². The van der Waals surface area contributed by atoms with Gasteiger partial charge in [-0.05, 0) is 6.54 Å². The van der Waals surface area contributed by atoms with Gasteiger partial charge in [0.15, 0.2) is 0 Å². The maximum absolute atomic E-state index is 12.0. The summed E-state index contributed by atoms with van der Waals surface area (Å²) in [6.07, 6.45) is 0. The maximum Gasteiger partial charge on any atom is 0.316 e. The number of ether oxygens (including phenoxy) is 1. The number of rotatable bonds is 6. The molecule has 0 aromatic heterocycles. The number of carbonyl (C=O) groups excluding carboxylic acids is 2. The van der Waals surface area contributed by atoms with Crippen molar-refractivity contribution in [3.63, 3.8) is 0 Å². The number of amides is 3. The molecule has 1 aliphatic heterocycles. The molecule has 0 aromatic rings. The summed E-state index contributed by atoms with van der Waals surface area (Å²) >= 11 is 0. The van der Waals surface area contributed by atoms with Crippen LogP contribution < -0.4 is 16.0 Å². The van der Waals surface area contributed by atoms with Crippen molar-refractivity contribution >= 4 is 11.9 Å². The molecule has 1 heterocycles. The zero-order valence-corrected chi connectivity index (χ0v) is 11.9. The summed E-state index contributed by atoms with van der Waals surface area (Å²) in [5.41, 5.74) is 0. The molecular formula is C12H24N4O3. The lowest BCUT2D eigenvalue weighted by Crippen LogP contribution is -2.46. The van der Waals surface area contributed by atoms with E-state index in [4.69, 9.17) is 4.74 Å². The lowest BCUT2D eigenvalue weighted by molar-refractivity contribution is -0.125. The van der Waals surface area contributed by atoms with Crippen molar-refractivity contribution in [1.82, 2.24) is 20.9 Å². The van der Waals surface area contributed by atoms with Crippen LogP contribution in [0.4, 0.5) is 4.79 Å². The van der Waals surface area contributed by atoms with Gasteiger partial charge >= 0.3 is 6.03 Å². The monoisotopic (exact) mass is 272 g/mol. The molecule has 7 nitrogen and oxygen atoms in total. The highest BCUT2D eigenvalue weighted by molar-refractivity contribution is 5.80. The Morgan fingerprint density at radius 1 is 1.21 bits per heavy atom. The molecule has 3 amide bonds. The third-order valence-corrected chi connectivity index (χ3v) is 2.99. The van der Waals surface area contributed by atoms with Crippen LogP contribution in [-0.2, 0) is 9.53 Å². The fraction of sp³-hybridized carbons (Fsp3) is 0.833. The van der Waals surface area contributed by atoms with Crippen LogP contribution in [0.2, 0.25) is 0 Å². The highest BCUT2D eigenvalue weighted by atomic mass is 16.5. The molecule has 1 saturated heterocycles. The average molecular weight is 272 g/mol. The van der Waals surface area contributed by atoms with Crippen LogP contribution in [0.25, 0.3) is 0 Å². The van der Waals surface area contributed by atoms with Gasteiger partial charge in [-0.1, -0.05) is 6.92 Å². The summed E-state index contributed by atoms with van der Waals surface area (Å²) in [5, 5.41) is 8.74. The van der Waals surface area contributed by atoms with E-state index >= 15 is 0 Å². The van der Waals surface area contributed by atoms with E-state index in [0.717, 1.165) is 6.54 Å². The zero-order chi connectivity index (χ0) is 14.3. The smallest absolute Gasteiger partial charge is 0.316 e. The van der Waals surface area contributed by atoms with Gasteiger partial charge in [-0.15, -0.1) is 0 Å². The minimum absolute atomic E-state index is 0.0254. The molecule has 0 bridgehead atoms. The van der Waals surface area contributed by atoms with Gasteiger partial charge in [0, 0.05) is 33.2 Å². The molecule has 0 aliphatic carbocycles. The second-order valence-corrected chi connectivity index (χ2v) is 4.73. The molecule has 0 radical (unpaired) electrons. The zero-order valence-electron chi connectivity index (χ0n) is 11.9. The van der Waals surface area contributed by atoms with Crippen LogP contribution in [0, 0.1) is 5.92 Å². The molecule has 2 unspecified atom stereocenters. The van der Waals surface area contributed by atoms with Crippen LogP contribution in [0.5, 0.6) is 0 Å². The fourth-order valence-electron chi connectivity index (χ4n) is 1.92. The average Bonchev–Trinajstić information content (AvgIpc) is 2.82. The summed E-state index contributed by atoms with van der Waals surface area (Å²) in [5.74, 6) is -0.174. The van der Waals surface area contributed by atoms with Crippen LogP contribution in [0.3, 0.4) is 0 Å². The predicted octanol–water partition coefficient (Wildman–Crippen LogP) is -1.00. The Hall–Kier alpha value is -1.34. The second-order valence-electron chi connectivity index (χ2n) is 4.73. The first-order valence-electron chi connectivity index (χ1n) is 6.60. The van der Waals surface area contributed by atoms with E-state index in [9.17, 15) is 9.59 Å². The summed E-state index contributed by atoms with van der Waals surface area (Å²) in [6, 6.07) is -0.0784.